The second-order valence-corrected chi connectivity index (χ2v) is 6.12. The summed E-state index contributed by atoms with van der Waals surface area (Å²) in [5.41, 5.74) is 8.04. The molecule has 0 bridgehead atoms. The zero-order valence-corrected chi connectivity index (χ0v) is 12.9. The van der Waals surface area contributed by atoms with Crippen LogP contribution in [0.2, 0.25) is 0 Å². The Morgan fingerprint density at radius 1 is 1.35 bits per heavy atom. The van der Waals surface area contributed by atoms with Gasteiger partial charge in [-0.1, -0.05) is 18.2 Å². The molecular formula is C16H20N2OS. The largest absolute Gasteiger partial charge is 0.398 e. The predicted molar refractivity (Wildman–Crippen MR) is 85.2 cm³/mol. The highest BCUT2D eigenvalue weighted by Crippen LogP contribution is 2.20. The lowest BCUT2D eigenvalue weighted by Crippen LogP contribution is -2.37. The number of carbonyl (C=O) groups excluding carboxylic acids is 1. The van der Waals surface area contributed by atoms with Gasteiger partial charge in [0.15, 0.2) is 0 Å². The fourth-order valence-electron chi connectivity index (χ4n) is 2.22. The van der Waals surface area contributed by atoms with Gasteiger partial charge in [-0.3, -0.25) is 4.79 Å². The Balaban J connectivity index is 2.16. The summed E-state index contributed by atoms with van der Waals surface area (Å²) < 4.78 is 0. The maximum atomic E-state index is 12.6. The quantitative estimate of drug-likeness (QED) is 0.877. The number of likely N-dealkylation sites (N-methyl/N-ethyl adjacent to an activating group) is 1. The standard InChI is InChI=1S/C16H20N2OS/c1-11-6-4-8-14(17)15(11)16(19)18(3)12(2)10-13-7-5-9-20-13/h4-9,12H,10,17H2,1-3H3. The summed E-state index contributed by atoms with van der Waals surface area (Å²) in [4.78, 5) is 15.7. The van der Waals surface area contributed by atoms with Crippen molar-refractivity contribution in [2.24, 2.45) is 0 Å². The molecule has 0 saturated carbocycles. The van der Waals surface area contributed by atoms with Crippen LogP contribution in [0.25, 0.3) is 0 Å². The molecule has 1 aromatic heterocycles. The molecular weight excluding hydrogens is 268 g/mol. The van der Waals surface area contributed by atoms with Gasteiger partial charge in [0, 0.05) is 30.1 Å². The van der Waals surface area contributed by atoms with E-state index in [0.29, 0.717) is 11.3 Å². The molecule has 1 heterocycles. The van der Waals surface area contributed by atoms with Gasteiger partial charge >= 0.3 is 0 Å². The topological polar surface area (TPSA) is 46.3 Å². The third-order valence-electron chi connectivity index (χ3n) is 3.58. The van der Waals surface area contributed by atoms with Gasteiger partial charge in [0.2, 0.25) is 0 Å². The zero-order chi connectivity index (χ0) is 14.7. The van der Waals surface area contributed by atoms with Crippen molar-refractivity contribution in [3.8, 4) is 0 Å². The number of aryl methyl sites for hydroxylation is 1. The van der Waals surface area contributed by atoms with Crippen molar-refractivity contribution in [2.45, 2.75) is 26.3 Å². The van der Waals surface area contributed by atoms with Gasteiger partial charge < -0.3 is 10.6 Å². The molecule has 1 unspecified atom stereocenters. The highest BCUT2D eigenvalue weighted by molar-refractivity contribution is 7.09. The van der Waals surface area contributed by atoms with Crippen molar-refractivity contribution in [2.75, 3.05) is 12.8 Å². The highest BCUT2D eigenvalue weighted by Gasteiger charge is 2.21. The van der Waals surface area contributed by atoms with E-state index in [4.69, 9.17) is 5.73 Å². The number of hydrogen-bond acceptors (Lipinski definition) is 3. The van der Waals surface area contributed by atoms with Crippen molar-refractivity contribution in [3.63, 3.8) is 0 Å². The van der Waals surface area contributed by atoms with Gasteiger partial charge in [-0.05, 0) is 36.9 Å². The fraction of sp³-hybridized carbons (Fsp3) is 0.312. The molecule has 0 spiro atoms. The first kappa shape index (κ1) is 14.6. The van der Waals surface area contributed by atoms with Crippen LogP contribution in [0.1, 0.15) is 27.7 Å². The second kappa shape index (κ2) is 6.09. The lowest BCUT2D eigenvalue weighted by molar-refractivity contribution is 0.0744. The van der Waals surface area contributed by atoms with Crippen molar-refractivity contribution >= 4 is 22.9 Å². The summed E-state index contributed by atoms with van der Waals surface area (Å²) in [5.74, 6) is -0.00958. The molecule has 1 aromatic carbocycles. The number of nitrogens with two attached hydrogens (primary N) is 1. The molecule has 3 nitrogen and oxygen atoms in total. The minimum absolute atomic E-state index is 0.00958. The Morgan fingerprint density at radius 2 is 2.10 bits per heavy atom. The number of benzene rings is 1. The molecule has 1 atom stereocenters. The summed E-state index contributed by atoms with van der Waals surface area (Å²) in [6, 6.07) is 9.84. The monoisotopic (exact) mass is 288 g/mol. The van der Waals surface area contributed by atoms with Crippen LogP contribution in [0.3, 0.4) is 0 Å². The van der Waals surface area contributed by atoms with E-state index in [9.17, 15) is 4.79 Å². The molecule has 2 aromatic rings. The summed E-state index contributed by atoms with van der Waals surface area (Å²) >= 11 is 1.72. The number of amides is 1. The van der Waals surface area contributed by atoms with E-state index in [2.05, 4.69) is 18.4 Å². The van der Waals surface area contributed by atoms with E-state index in [-0.39, 0.29) is 11.9 Å². The van der Waals surface area contributed by atoms with Crippen LogP contribution in [-0.2, 0) is 6.42 Å². The van der Waals surface area contributed by atoms with Crippen LogP contribution in [-0.4, -0.2) is 23.9 Å². The third kappa shape index (κ3) is 3.02. The fourth-order valence-corrected chi connectivity index (χ4v) is 3.04. The van der Waals surface area contributed by atoms with Crippen LogP contribution in [0.15, 0.2) is 35.7 Å². The van der Waals surface area contributed by atoms with Gasteiger partial charge in [-0.15, -0.1) is 11.3 Å². The molecule has 20 heavy (non-hydrogen) atoms. The van der Waals surface area contributed by atoms with E-state index in [0.717, 1.165) is 12.0 Å². The Kier molecular flexibility index (Phi) is 4.45. The number of nitrogen functional groups attached to an aromatic ring is 1. The van der Waals surface area contributed by atoms with Crippen LogP contribution in [0.4, 0.5) is 5.69 Å². The first-order valence-corrected chi connectivity index (χ1v) is 7.53. The SMILES string of the molecule is Cc1cccc(N)c1C(=O)N(C)C(C)Cc1cccs1. The lowest BCUT2D eigenvalue weighted by Gasteiger charge is -2.26. The molecule has 0 saturated heterocycles. The average molecular weight is 288 g/mol. The number of nitrogens with zero attached hydrogens (tertiary/aromatic N) is 1. The molecule has 0 aliphatic heterocycles. The molecule has 1 amide bonds. The van der Waals surface area contributed by atoms with E-state index in [1.54, 1.807) is 22.3 Å². The summed E-state index contributed by atoms with van der Waals surface area (Å²) in [6.45, 7) is 3.98. The number of hydrogen-bond donors (Lipinski definition) is 1. The molecule has 106 valence electrons. The summed E-state index contributed by atoms with van der Waals surface area (Å²) in [6.07, 6.45) is 0.867. The van der Waals surface area contributed by atoms with Crippen LogP contribution in [0.5, 0.6) is 0 Å². The molecule has 0 radical (unpaired) electrons. The van der Waals surface area contributed by atoms with Crippen molar-refractivity contribution in [1.82, 2.24) is 4.90 Å². The maximum absolute atomic E-state index is 12.6. The highest BCUT2D eigenvalue weighted by atomic mass is 32.1. The second-order valence-electron chi connectivity index (χ2n) is 5.09. The summed E-state index contributed by atoms with van der Waals surface area (Å²) in [5, 5.41) is 2.06. The van der Waals surface area contributed by atoms with Crippen LogP contribution >= 0.6 is 11.3 Å². The predicted octanol–water partition coefficient (Wildman–Crippen LogP) is 3.34. The number of carbonyl (C=O) groups is 1. The number of anilines is 1. The normalized spacial score (nSPS) is 12.2. The maximum Gasteiger partial charge on any atom is 0.256 e. The van der Waals surface area contributed by atoms with Gasteiger partial charge in [0.25, 0.3) is 5.91 Å². The zero-order valence-electron chi connectivity index (χ0n) is 12.1. The Labute approximate surface area is 124 Å². The molecule has 0 fully saturated rings. The minimum Gasteiger partial charge on any atom is -0.398 e. The molecule has 2 N–H and O–H groups in total. The molecule has 0 aliphatic rings. The lowest BCUT2D eigenvalue weighted by atomic mass is 10.0. The number of rotatable bonds is 4. The van der Waals surface area contributed by atoms with Gasteiger partial charge in [0.1, 0.15) is 0 Å². The van der Waals surface area contributed by atoms with Gasteiger partial charge in [-0.2, -0.15) is 0 Å². The van der Waals surface area contributed by atoms with Crippen molar-refractivity contribution in [1.29, 1.82) is 0 Å². The first-order chi connectivity index (χ1) is 9.50. The van der Waals surface area contributed by atoms with Crippen LogP contribution < -0.4 is 5.73 Å². The van der Waals surface area contributed by atoms with E-state index in [1.165, 1.54) is 4.88 Å². The molecule has 4 heteroatoms. The van der Waals surface area contributed by atoms with Crippen molar-refractivity contribution < 1.29 is 4.79 Å². The van der Waals surface area contributed by atoms with Crippen molar-refractivity contribution in [3.05, 3.63) is 51.7 Å². The Hall–Kier alpha value is -1.81. The van der Waals surface area contributed by atoms with E-state index >= 15 is 0 Å². The van der Waals surface area contributed by atoms with Crippen LogP contribution in [0, 0.1) is 6.92 Å². The molecule has 0 aliphatic carbocycles. The number of thiophene rings is 1. The van der Waals surface area contributed by atoms with Gasteiger partial charge in [0.05, 0.1) is 5.56 Å². The molecule has 2 rings (SSSR count). The van der Waals surface area contributed by atoms with E-state index in [1.807, 2.05) is 32.2 Å². The average Bonchev–Trinajstić information content (AvgIpc) is 2.90. The minimum atomic E-state index is -0.00958. The van der Waals surface area contributed by atoms with E-state index < -0.39 is 0 Å². The smallest absolute Gasteiger partial charge is 0.256 e. The summed E-state index contributed by atoms with van der Waals surface area (Å²) in [7, 11) is 1.84. The van der Waals surface area contributed by atoms with Gasteiger partial charge in [-0.25, -0.2) is 0 Å². The Bertz CT molecular complexity index is 572. The first-order valence-electron chi connectivity index (χ1n) is 6.65. The Morgan fingerprint density at radius 3 is 2.70 bits per heavy atom. The third-order valence-corrected chi connectivity index (χ3v) is 4.48.